The lowest BCUT2D eigenvalue weighted by Gasteiger charge is -2.32. The van der Waals surface area contributed by atoms with Gasteiger partial charge in [0, 0.05) is 37.8 Å². The summed E-state index contributed by atoms with van der Waals surface area (Å²) in [6.07, 6.45) is -3.18. The molecule has 0 N–H and O–H groups in total. The number of hydrogen-bond donors (Lipinski definition) is 0. The van der Waals surface area contributed by atoms with E-state index in [-0.39, 0.29) is 17.0 Å². The van der Waals surface area contributed by atoms with Crippen LogP contribution in [0.4, 0.5) is 17.6 Å². The van der Waals surface area contributed by atoms with Gasteiger partial charge in [-0.15, -0.1) is 0 Å². The van der Waals surface area contributed by atoms with Crippen molar-refractivity contribution in [3.8, 4) is 0 Å². The molecule has 1 saturated heterocycles. The van der Waals surface area contributed by atoms with Crippen LogP contribution in [0.5, 0.6) is 0 Å². The molecule has 1 fully saturated rings. The average Bonchev–Trinajstić information content (AvgIpc) is 2.87. The Morgan fingerprint density at radius 2 is 1.83 bits per heavy atom. The summed E-state index contributed by atoms with van der Waals surface area (Å²) in [6, 6.07) is 3.56. The Kier molecular flexibility index (Phi) is 4.25. The molecule has 3 rings (SSSR count). The summed E-state index contributed by atoms with van der Waals surface area (Å²) in [7, 11) is 1.94. The summed E-state index contributed by atoms with van der Waals surface area (Å²) in [5.41, 5.74) is 0.181. The normalized spacial score (nSPS) is 16.8. The highest BCUT2D eigenvalue weighted by Gasteiger charge is 2.29. The lowest BCUT2D eigenvalue weighted by molar-refractivity contribution is -0.139. The van der Waals surface area contributed by atoms with Gasteiger partial charge in [-0.05, 0) is 25.2 Å². The van der Waals surface area contributed by atoms with Crippen LogP contribution in [0.3, 0.4) is 0 Å². The second-order valence-electron chi connectivity index (χ2n) is 6.04. The van der Waals surface area contributed by atoms with Crippen LogP contribution < -0.4 is 0 Å². The zero-order valence-electron chi connectivity index (χ0n) is 13.1. The summed E-state index contributed by atoms with van der Waals surface area (Å²) < 4.78 is 52.7. The van der Waals surface area contributed by atoms with Gasteiger partial charge in [0.25, 0.3) is 5.91 Å². The quantitative estimate of drug-likeness (QED) is 0.785. The van der Waals surface area contributed by atoms with Gasteiger partial charge >= 0.3 is 6.18 Å². The van der Waals surface area contributed by atoms with E-state index in [4.69, 9.17) is 0 Å². The first kappa shape index (κ1) is 16.8. The van der Waals surface area contributed by atoms with E-state index >= 15 is 0 Å². The molecule has 2 heterocycles. The molecule has 1 amide bonds. The van der Waals surface area contributed by atoms with Crippen molar-refractivity contribution < 1.29 is 22.4 Å². The van der Waals surface area contributed by atoms with E-state index in [1.165, 1.54) is 12.3 Å². The second kappa shape index (κ2) is 6.08. The van der Waals surface area contributed by atoms with Gasteiger partial charge in [-0.3, -0.25) is 4.79 Å². The maximum atomic E-state index is 13.9. The first-order valence-electron chi connectivity index (χ1n) is 7.57. The third kappa shape index (κ3) is 3.38. The molecule has 0 radical (unpaired) electrons. The van der Waals surface area contributed by atoms with E-state index < -0.39 is 18.5 Å². The van der Waals surface area contributed by atoms with Crippen molar-refractivity contribution in [1.82, 2.24) is 14.4 Å². The van der Waals surface area contributed by atoms with Crippen LogP contribution in [0, 0.1) is 5.82 Å². The van der Waals surface area contributed by atoms with E-state index in [2.05, 4.69) is 4.90 Å². The maximum Gasteiger partial charge on any atom is 0.406 e. The molecule has 0 atom stereocenters. The highest BCUT2D eigenvalue weighted by atomic mass is 19.4. The molecule has 0 aliphatic carbocycles. The summed E-state index contributed by atoms with van der Waals surface area (Å²) in [5, 5.41) is 0.338. The lowest BCUT2D eigenvalue weighted by Crippen LogP contribution is -2.47. The number of amides is 1. The molecule has 0 spiro atoms. The number of carbonyl (C=O) groups is 1. The molecule has 1 aliphatic rings. The monoisotopic (exact) mass is 343 g/mol. The largest absolute Gasteiger partial charge is 0.406 e. The summed E-state index contributed by atoms with van der Waals surface area (Å²) >= 11 is 0. The Hall–Kier alpha value is -2.09. The standard InChI is InChI=1S/C16H17F4N3O/c1-21-4-6-22(7-5-21)15(24)13-8-11(17)9-14-12(13)2-3-23(14)10-16(18,19)20/h2-3,8-9H,4-7,10H2,1H3. The number of fused-ring (bicyclic) bond motifs is 1. The molecule has 0 unspecified atom stereocenters. The van der Waals surface area contributed by atoms with Gasteiger partial charge in [0.2, 0.25) is 0 Å². The van der Waals surface area contributed by atoms with Gasteiger partial charge in [-0.25, -0.2) is 4.39 Å². The number of rotatable bonds is 2. The fourth-order valence-corrected chi connectivity index (χ4v) is 2.95. The van der Waals surface area contributed by atoms with E-state index in [1.807, 2.05) is 7.05 Å². The van der Waals surface area contributed by atoms with Crippen LogP contribution in [0.15, 0.2) is 24.4 Å². The molecule has 1 aliphatic heterocycles. The van der Waals surface area contributed by atoms with Crippen molar-refractivity contribution in [1.29, 1.82) is 0 Å². The van der Waals surface area contributed by atoms with E-state index in [1.54, 1.807) is 4.90 Å². The number of nitrogens with zero attached hydrogens (tertiary/aromatic N) is 3. The first-order valence-corrected chi connectivity index (χ1v) is 7.57. The number of aromatic nitrogens is 1. The van der Waals surface area contributed by atoms with Gasteiger partial charge in [0.05, 0.1) is 11.1 Å². The van der Waals surface area contributed by atoms with Crippen molar-refractivity contribution >= 4 is 16.8 Å². The molecular formula is C16H17F4N3O. The summed E-state index contributed by atoms with van der Waals surface area (Å²) in [6.45, 7) is 1.22. The van der Waals surface area contributed by atoms with Crippen LogP contribution in [0.1, 0.15) is 10.4 Å². The molecule has 24 heavy (non-hydrogen) atoms. The summed E-state index contributed by atoms with van der Waals surface area (Å²) in [4.78, 5) is 16.4. The zero-order chi connectivity index (χ0) is 17.5. The Balaban J connectivity index is 1.97. The van der Waals surface area contributed by atoms with E-state index in [0.717, 1.165) is 16.7 Å². The molecule has 2 aromatic rings. The summed E-state index contributed by atoms with van der Waals surface area (Å²) in [5.74, 6) is -1.07. The fourth-order valence-electron chi connectivity index (χ4n) is 2.95. The highest BCUT2D eigenvalue weighted by Crippen LogP contribution is 2.27. The van der Waals surface area contributed by atoms with Gasteiger partial charge in [0.1, 0.15) is 12.4 Å². The van der Waals surface area contributed by atoms with E-state index in [0.29, 0.717) is 31.6 Å². The lowest BCUT2D eigenvalue weighted by atomic mass is 10.1. The molecule has 4 nitrogen and oxygen atoms in total. The SMILES string of the molecule is CN1CCN(C(=O)c2cc(F)cc3c2ccn3CC(F)(F)F)CC1. The number of likely N-dealkylation sites (N-methyl/N-ethyl adjacent to an activating group) is 1. The predicted molar refractivity (Wildman–Crippen MR) is 81.4 cm³/mol. The maximum absolute atomic E-state index is 13.9. The Labute approximate surface area is 136 Å². The number of benzene rings is 1. The average molecular weight is 343 g/mol. The molecule has 0 bridgehead atoms. The zero-order valence-corrected chi connectivity index (χ0v) is 13.1. The number of hydrogen-bond acceptors (Lipinski definition) is 2. The van der Waals surface area contributed by atoms with Gasteiger partial charge in [-0.2, -0.15) is 13.2 Å². The van der Waals surface area contributed by atoms with Crippen LogP contribution in [0.2, 0.25) is 0 Å². The van der Waals surface area contributed by atoms with Crippen molar-refractivity contribution in [2.24, 2.45) is 0 Å². The Morgan fingerprint density at radius 1 is 1.17 bits per heavy atom. The minimum atomic E-state index is -4.42. The van der Waals surface area contributed by atoms with E-state index in [9.17, 15) is 22.4 Å². The van der Waals surface area contributed by atoms with Crippen LogP contribution >= 0.6 is 0 Å². The Morgan fingerprint density at radius 3 is 2.46 bits per heavy atom. The van der Waals surface area contributed by atoms with Crippen LogP contribution in [0.25, 0.3) is 10.9 Å². The third-order valence-electron chi connectivity index (χ3n) is 4.22. The molecule has 1 aromatic heterocycles. The number of carbonyl (C=O) groups excluding carboxylic acids is 1. The number of piperazine rings is 1. The molecule has 130 valence electrons. The fraction of sp³-hybridized carbons (Fsp3) is 0.438. The van der Waals surface area contributed by atoms with Crippen molar-refractivity contribution in [2.45, 2.75) is 12.7 Å². The smallest absolute Gasteiger partial charge is 0.338 e. The molecule has 0 saturated carbocycles. The molecule has 1 aromatic carbocycles. The topological polar surface area (TPSA) is 28.5 Å². The van der Waals surface area contributed by atoms with Gasteiger partial charge < -0.3 is 14.4 Å². The van der Waals surface area contributed by atoms with Gasteiger partial charge in [-0.1, -0.05) is 0 Å². The Bertz CT molecular complexity index is 761. The number of alkyl halides is 3. The minimum Gasteiger partial charge on any atom is -0.338 e. The molecule has 8 heteroatoms. The minimum absolute atomic E-state index is 0.0739. The second-order valence-corrected chi connectivity index (χ2v) is 6.04. The third-order valence-corrected chi connectivity index (χ3v) is 4.22. The molecular weight excluding hydrogens is 326 g/mol. The highest BCUT2D eigenvalue weighted by molar-refractivity contribution is 6.06. The van der Waals surface area contributed by atoms with Crippen LogP contribution in [-0.2, 0) is 6.54 Å². The predicted octanol–water partition coefficient (Wildman–Crippen LogP) is 2.73. The van der Waals surface area contributed by atoms with Crippen LogP contribution in [-0.4, -0.2) is 59.7 Å². The van der Waals surface area contributed by atoms with Crippen molar-refractivity contribution in [3.05, 3.63) is 35.8 Å². The van der Waals surface area contributed by atoms with Crippen molar-refractivity contribution in [3.63, 3.8) is 0 Å². The van der Waals surface area contributed by atoms with Crippen molar-refractivity contribution in [2.75, 3.05) is 33.2 Å². The number of halogens is 4. The van der Waals surface area contributed by atoms with Gasteiger partial charge in [0.15, 0.2) is 0 Å². The first-order chi connectivity index (χ1) is 11.2.